The molecule has 0 unspecified atom stereocenters. The fraction of sp³-hybridized carbons (Fsp3) is 0.286. The molecule has 0 bridgehead atoms. The van der Waals surface area contributed by atoms with E-state index in [4.69, 9.17) is 11.6 Å². The van der Waals surface area contributed by atoms with Crippen LogP contribution in [0.5, 0.6) is 0 Å². The van der Waals surface area contributed by atoms with Gasteiger partial charge >= 0.3 is 0 Å². The van der Waals surface area contributed by atoms with Crippen LogP contribution < -0.4 is 10.2 Å². The Kier molecular flexibility index (Phi) is 2.91. The second kappa shape index (κ2) is 4.55. The predicted molar refractivity (Wildman–Crippen MR) is 74.0 cm³/mol. The average Bonchev–Trinajstić information content (AvgIpc) is 2.39. The molecule has 1 aliphatic rings. The number of halogens is 1. The number of rotatable bonds is 1. The Bertz CT molecular complexity index is 533. The maximum absolute atomic E-state index is 5.99. The Labute approximate surface area is 106 Å². The first-order chi connectivity index (χ1) is 8.33. The zero-order valence-electron chi connectivity index (χ0n) is 9.62. The Morgan fingerprint density at radius 3 is 2.47 bits per heavy atom. The Balaban J connectivity index is 1.98. The van der Waals surface area contributed by atoms with Crippen LogP contribution in [0.15, 0.2) is 36.4 Å². The lowest BCUT2D eigenvalue weighted by Gasteiger charge is -2.29. The van der Waals surface area contributed by atoms with Crippen molar-refractivity contribution in [3.05, 3.63) is 41.4 Å². The van der Waals surface area contributed by atoms with Crippen LogP contribution in [-0.2, 0) is 0 Å². The van der Waals surface area contributed by atoms with E-state index in [-0.39, 0.29) is 0 Å². The monoisotopic (exact) mass is 246 g/mol. The van der Waals surface area contributed by atoms with Crippen molar-refractivity contribution in [2.75, 3.05) is 31.1 Å². The fourth-order valence-corrected chi connectivity index (χ4v) is 2.50. The molecule has 2 nitrogen and oxygen atoms in total. The molecule has 0 aromatic heterocycles. The minimum absolute atomic E-state index is 0.799. The van der Waals surface area contributed by atoms with Crippen molar-refractivity contribution in [2.45, 2.75) is 0 Å². The number of nitrogens with zero attached hydrogens (tertiary/aromatic N) is 1. The zero-order chi connectivity index (χ0) is 11.7. The van der Waals surface area contributed by atoms with E-state index in [1.54, 1.807) is 0 Å². The molecule has 0 saturated carbocycles. The normalized spacial score (nSPS) is 16.4. The van der Waals surface area contributed by atoms with Crippen molar-refractivity contribution < 1.29 is 0 Å². The lowest BCUT2D eigenvalue weighted by Crippen LogP contribution is -2.43. The molecular weight excluding hydrogens is 232 g/mol. The van der Waals surface area contributed by atoms with Gasteiger partial charge in [-0.3, -0.25) is 0 Å². The van der Waals surface area contributed by atoms with Crippen LogP contribution in [0.1, 0.15) is 0 Å². The zero-order valence-corrected chi connectivity index (χ0v) is 10.4. The van der Waals surface area contributed by atoms with Crippen molar-refractivity contribution in [1.82, 2.24) is 5.32 Å². The first-order valence-electron chi connectivity index (χ1n) is 5.98. The van der Waals surface area contributed by atoms with Crippen LogP contribution in [0.3, 0.4) is 0 Å². The summed E-state index contributed by atoms with van der Waals surface area (Å²) in [6, 6.07) is 12.6. The van der Waals surface area contributed by atoms with E-state index < -0.39 is 0 Å². The highest BCUT2D eigenvalue weighted by atomic mass is 35.5. The number of hydrogen-bond acceptors (Lipinski definition) is 2. The summed E-state index contributed by atoms with van der Waals surface area (Å²) in [7, 11) is 0. The Hall–Kier alpha value is -1.25. The molecule has 1 N–H and O–H groups in total. The third-order valence-corrected chi connectivity index (χ3v) is 3.50. The average molecular weight is 247 g/mol. The van der Waals surface area contributed by atoms with Crippen molar-refractivity contribution in [3.8, 4) is 0 Å². The van der Waals surface area contributed by atoms with Gasteiger partial charge in [0.15, 0.2) is 0 Å². The van der Waals surface area contributed by atoms with Gasteiger partial charge in [0.05, 0.1) is 0 Å². The van der Waals surface area contributed by atoms with E-state index in [1.807, 2.05) is 12.1 Å². The van der Waals surface area contributed by atoms with Crippen molar-refractivity contribution in [1.29, 1.82) is 0 Å². The number of benzene rings is 2. The summed E-state index contributed by atoms with van der Waals surface area (Å²) < 4.78 is 0. The number of fused-ring (bicyclic) bond motifs is 1. The highest BCUT2D eigenvalue weighted by Gasteiger charge is 2.10. The third kappa shape index (κ3) is 2.24. The van der Waals surface area contributed by atoms with Crippen LogP contribution >= 0.6 is 11.6 Å². The molecule has 0 atom stereocenters. The highest BCUT2D eigenvalue weighted by Crippen LogP contribution is 2.24. The van der Waals surface area contributed by atoms with Crippen LogP contribution in [-0.4, -0.2) is 26.2 Å². The molecule has 0 spiro atoms. The SMILES string of the molecule is Clc1ccc2cc(N3CCNCC3)ccc2c1. The molecule has 1 heterocycles. The summed E-state index contributed by atoms with van der Waals surface area (Å²) in [6.07, 6.45) is 0. The van der Waals surface area contributed by atoms with Gasteiger partial charge in [0.2, 0.25) is 0 Å². The van der Waals surface area contributed by atoms with E-state index >= 15 is 0 Å². The van der Waals surface area contributed by atoms with Crippen molar-refractivity contribution >= 4 is 28.1 Å². The number of nitrogens with one attached hydrogen (secondary N) is 1. The van der Waals surface area contributed by atoms with E-state index in [0.29, 0.717) is 0 Å². The number of piperazine rings is 1. The van der Waals surface area contributed by atoms with Gasteiger partial charge in [-0.1, -0.05) is 23.7 Å². The maximum Gasteiger partial charge on any atom is 0.0412 e. The Morgan fingerprint density at radius 1 is 0.941 bits per heavy atom. The lowest BCUT2D eigenvalue weighted by molar-refractivity contribution is 0.589. The molecule has 0 amide bonds. The van der Waals surface area contributed by atoms with Gasteiger partial charge < -0.3 is 10.2 Å². The predicted octanol–water partition coefficient (Wildman–Crippen LogP) is 2.90. The standard InChI is InChI=1S/C14H15ClN2/c15-13-3-1-12-10-14(4-2-11(12)9-13)17-7-5-16-6-8-17/h1-4,9-10,16H,5-8H2. The summed E-state index contributed by atoms with van der Waals surface area (Å²) in [4.78, 5) is 2.42. The van der Waals surface area contributed by atoms with Gasteiger partial charge in [0.1, 0.15) is 0 Å². The summed E-state index contributed by atoms with van der Waals surface area (Å²) >= 11 is 5.99. The van der Waals surface area contributed by atoms with Gasteiger partial charge in [-0.05, 0) is 35.0 Å². The third-order valence-electron chi connectivity index (χ3n) is 3.27. The van der Waals surface area contributed by atoms with E-state index in [1.165, 1.54) is 16.5 Å². The molecule has 3 rings (SSSR count). The van der Waals surface area contributed by atoms with Crippen molar-refractivity contribution in [2.24, 2.45) is 0 Å². The highest BCUT2D eigenvalue weighted by molar-refractivity contribution is 6.31. The Morgan fingerprint density at radius 2 is 1.65 bits per heavy atom. The van der Waals surface area contributed by atoms with Gasteiger partial charge in [-0.15, -0.1) is 0 Å². The molecule has 2 aromatic rings. The van der Waals surface area contributed by atoms with Gasteiger partial charge in [0.25, 0.3) is 0 Å². The van der Waals surface area contributed by atoms with E-state index in [9.17, 15) is 0 Å². The van der Waals surface area contributed by atoms with Crippen LogP contribution in [0, 0.1) is 0 Å². The summed E-state index contributed by atoms with van der Waals surface area (Å²) in [5.41, 5.74) is 1.31. The van der Waals surface area contributed by atoms with Gasteiger partial charge in [-0.2, -0.15) is 0 Å². The maximum atomic E-state index is 5.99. The van der Waals surface area contributed by atoms with Crippen LogP contribution in [0.25, 0.3) is 10.8 Å². The molecule has 88 valence electrons. The largest absolute Gasteiger partial charge is 0.369 e. The smallest absolute Gasteiger partial charge is 0.0412 e. The summed E-state index contributed by atoms with van der Waals surface area (Å²) in [5.74, 6) is 0. The number of anilines is 1. The molecule has 2 aromatic carbocycles. The van der Waals surface area contributed by atoms with Gasteiger partial charge in [-0.25, -0.2) is 0 Å². The van der Waals surface area contributed by atoms with E-state index in [2.05, 4.69) is 34.5 Å². The second-order valence-corrected chi connectivity index (χ2v) is 4.85. The van der Waals surface area contributed by atoms with Crippen molar-refractivity contribution in [3.63, 3.8) is 0 Å². The first-order valence-corrected chi connectivity index (χ1v) is 6.36. The minimum atomic E-state index is 0.799. The van der Waals surface area contributed by atoms with Crippen LogP contribution in [0.2, 0.25) is 5.02 Å². The summed E-state index contributed by atoms with van der Waals surface area (Å²) in [5, 5.41) is 6.63. The summed E-state index contributed by atoms with van der Waals surface area (Å²) in [6.45, 7) is 4.30. The van der Waals surface area contributed by atoms with Gasteiger partial charge in [0, 0.05) is 36.9 Å². The number of hydrogen-bond donors (Lipinski definition) is 1. The fourth-order valence-electron chi connectivity index (χ4n) is 2.32. The molecule has 1 saturated heterocycles. The topological polar surface area (TPSA) is 15.3 Å². The molecule has 0 radical (unpaired) electrons. The molecule has 3 heteroatoms. The molecule has 17 heavy (non-hydrogen) atoms. The quantitative estimate of drug-likeness (QED) is 0.833. The molecule has 0 aliphatic carbocycles. The molecular formula is C14H15ClN2. The lowest BCUT2D eigenvalue weighted by atomic mass is 10.1. The second-order valence-electron chi connectivity index (χ2n) is 4.41. The van der Waals surface area contributed by atoms with Crippen LogP contribution in [0.4, 0.5) is 5.69 Å². The first kappa shape index (κ1) is 10.9. The van der Waals surface area contributed by atoms with E-state index in [0.717, 1.165) is 31.2 Å². The molecule has 1 fully saturated rings. The molecule has 1 aliphatic heterocycles. The minimum Gasteiger partial charge on any atom is -0.369 e.